The summed E-state index contributed by atoms with van der Waals surface area (Å²) in [6.45, 7) is 0. The third kappa shape index (κ3) is 6.00. The van der Waals surface area contributed by atoms with Gasteiger partial charge in [-0.05, 0) is 70.8 Å². The summed E-state index contributed by atoms with van der Waals surface area (Å²) in [7, 11) is 0. The molecule has 4 heteroatoms. The smallest absolute Gasteiger partial charge is 0.160 e. The van der Waals surface area contributed by atoms with Gasteiger partial charge in [0.2, 0.25) is 0 Å². The zero-order valence-corrected chi connectivity index (χ0v) is 33.7. The van der Waals surface area contributed by atoms with Crippen molar-refractivity contribution < 1.29 is 0 Å². The first-order valence-electron chi connectivity index (χ1n) is 21.1. The summed E-state index contributed by atoms with van der Waals surface area (Å²) in [5, 5.41) is 4.80. The molecule has 290 valence electrons. The Morgan fingerprint density at radius 1 is 0.258 bits per heavy atom. The Bertz CT molecular complexity index is 3490. The summed E-state index contributed by atoms with van der Waals surface area (Å²) in [4.78, 5) is 10.4. The molecule has 3 aromatic heterocycles. The van der Waals surface area contributed by atoms with Crippen molar-refractivity contribution in [1.82, 2.24) is 19.1 Å². The van der Waals surface area contributed by atoms with Gasteiger partial charge < -0.3 is 9.13 Å². The van der Waals surface area contributed by atoms with Crippen LogP contribution in [0, 0.1) is 0 Å². The first kappa shape index (κ1) is 35.6. The van der Waals surface area contributed by atoms with Crippen LogP contribution in [0.5, 0.6) is 0 Å². The zero-order chi connectivity index (χ0) is 41.0. The van der Waals surface area contributed by atoms with Crippen LogP contribution in [0.1, 0.15) is 0 Å². The van der Waals surface area contributed by atoms with Gasteiger partial charge in [0.1, 0.15) is 0 Å². The molecule has 0 aliphatic heterocycles. The van der Waals surface area contributed by atoms with Crippen LogP contribution in [0.2, 0.25) is 0 Å². The van der Waals surface area contributed by atoms with Gasteiger partial charge in [0.15, 0.2) is 5.82 Å². The van der Waals surface area contributed by atoms with Crippen molar-refractivity contribution in [2.75, 3.05) is 0 Å². The van der Waals surface area contributed by atoms with Gasteiger partial charge in [0.25, 0.3) is 0 Å². The lowest BCUT2D eigenvalue weighted by Gasteiger charge is -2.16. The molecule has 0 aliphatic carbocycles. The van der Waals surface area contributed by atoms with E-state index in [0.717, 1.165) is 61.5 Å². The maximum absolute atomic E-state index is 5.22. The van der Waals surface area contributed by atoms with E-state index in [1.54, 1.807) is 0 Å². The number of aromatic nitrogens is 4. The molecule has 0 fully saturated rings. The molecule has 0 N–H and O–H groups in total. The van der Waals surface area contributed by atoms with Gasteiger partial charge in [-0.25, -0.2) is 9.97 Å². The highest BCUT2D eigenvalue weighted by molar-refractivity contribution is 6.24. The van der Waals surface area contributed by atoms with E-state index in [1.165, 1.54) is 43.8 Å². The SMILES string of the molecule is c1ccc(-c2cc(-c3ccccc3)cc(-n3c4ccccc4c4ccc5c6ccccc6n(-c6cccc(-c7nc(-c8ccccc8)cc(-c8ccccc8)n7)c6)c5c43)c2)cc1. The van der Waals surface area contributed by atoms with Crippen molar-refractivity contribution in [2.45, 2.75) is 0 Å². The van der Waals surface area contributed by atoms with Crippen LogP contribution in [0.25, 0.3) is 111 Å². The third-order valence-corrected chi connectivity index (χ3v) is 12.1. The number of rotatable bonds is 7. The van der Waals surface area contributed by atoms with Crippen LogP contribution in [0.3, 0.4) is 0 Å². The van der Waals surface area contributed by atoms with Crippen LogP contribution in [-0.2, 0) is 0 Å². The second-order valence-corrected chi connectivity index (χ2v) is 15.8. The van der Waals surface area contributed by atoms with Crippen molar-refractivity contribution >= 4 is 43.6 Å². The summed E-state index contributed by atoms with van der Waals surface area (Å²) >= 11 is 0. The Balaban J connectivity index is 1.14. The van der Waals surface area contributed by atoms with E-state index < -0.39 is 0 Å². The van der Waals surface area contributed by atoms with Crippen LogP contribution in [0.15, 0.2) is 231 Å². The van der Waals surface area contributed by atoms with Crippen LogP contribution in [0.4, 0.5) is 0 Å². The minimum absolute atomic E-state index is 0.679. The van der Waals surface area contributed by atoms with Crippen molar-refractivity contribution in [2.24, 2.45) is 0 Å². The predicted molar refractivity (Wildman–Crippen MR) is 258 cm³/mol. The number of nitrogens with zero attached hydrogens (tertiary/aromatic N) is 4. The van der Waals surface area contributed by atoms with E-state index in [-0.39, 0.29) is 0 Å². The van der Waals surface area contributed by atoms with Crippen molar-refractivity contribution in [1.29, 1.82) is 0 Å². The van der Waals surface area contributed by atoms with Crippen LogP contribution < -0.4 is 0 Å². The van der Waals surface area contributed by atoms with Gasteiger partial charge in [0, 0.05) is 49.6 Å². The van der Waals surface area contributed by atoms with Crippen LogP contribution in [-0.4, -0.2) is 19.1 Å². The second kappa shape index (κ2) is 14.7. The monoisotopic (exact) mass is 790 g/mol. The van der Waals surface area contributed by atoms with Gasteiger partial charge in [-0.2, -0.15) is 0 Å². The average molecular weight is 791 g/mol. The summed E-state index contributed by atoms with van der Waals surface area (Å²) < 4.78 is 4.94. The molecule has 0 saturated heterocycles. The number of benzene rings is 9. The quantitative estimate of drug-likeness (QED) is 0.161. The average Bonchev–Trinajstić information content (AvgIpc) is 3.88. The zero-order valence-electron chi connectivity index (χ0n) is 33.7. The number of para-hydroxylation sites is 2. The molecular weight excluding hydrogens is 753 g/mol. The molecule has 12 rings (SSSR count). The maximum Gasteiger partial charge on any atom is 0.160 e. The van der Waals surface area contributed by atoms with E-state index in [1.807, 2.05) is 12.1 Å². The van der Waals surface area contributed by atoms with Crippen LogP contribution >= 0.6 is 0 Å². The van der Waals surface area contributed by atoms with E-state index in [0.29, 0.717) is 5.82 Å². The molecule has 0 bridgehead atoms. The molecule has 0 atom stereocenters. The maximum atomic E-state index is 5.22. The predicted octanol–water partition coefficient (Wildman–Crippen LogP) is 15.0. The molecule has 3 heterocycles. The minimum Gasteiger partial charge on any atom is -0.307 e. The Labute approximate surface area is 359 Å². The fourth-order valence-corrected chi connectivity index (χ4v) is 9.25. The lowest BCUT2D eigenvalue weighted by Crippen LogP contribution is -2.00. The summed E-state index contributed by atoms with van der Waals surface area (Å²) in [6, 6.07) is 82.2. The Morgan fingerprint density at radius 3 is 1.16 bits per heavy atom. The molecule has 0 saturated carbocycles. The van der Waals surface area contributed by atoms with E-state index in [2.05, 4.69) is 228 Å². The van der Waals surface area contributed by atoms with Crippen molar-refractivity contribution in [3.8, 4) is 67.5 Å². The summed E-state index contributed by atoms with van der Waals surface area (Å²) in [6.07, 6.45) is 0. The molecular formula is C58H38N4. The van der Waals surface area contributed by atoms with E-state index >= 15 is 0 Å². The number of hydrogen-bond acceptors (Lipinski definition) is 2. The molecule has 62 heavy (non-hydrogen) atoms. The standard InChI is InChI=1S/C58H38N4/c1-5-18-39(19-6-1)44-34-45(40-20-7-2-8-21-40)37-47(36-44)62-55-31-16-14-29-49(55)51-33-32-50-48-28-13-15-30-54(48)61(56(50)57(51)62)46-27-17-26-43(35-46)58-59-52(41-22-9-3-10-23-41)38-53(60-58)42-24-11-4-12-25-42/h1-38H. The second-order valence-electron chi connectivity index (χ2n) is 15.8. The topological polar surface area (TPSA) is 35.6 Å². The van der Waals surface area contributed by atoms with Gasteiger partial charge >= 0.3 is 0 Å². The lowest BCUT2D eigenvalue weighted by atomic mass is 9.98. The highest BCUT2D eigenvalue weighted by Gasteiger charge is 2.22. The van der Waals surface area contributed by atoms with Gasteiger partial charge in [-0.1, -0.05) is 182 Å². The molecule has 4 nitrogen and oxygen atoms in total. The van der Waals surface area contributed by atoms with Crippen molar-refractivity contribution in [3.63, 3.8) is 0 Å². The molecule has 0 unspecified atom stereocenters. The largest absolute Gasteiger partial charge is 0.307 e. The summed E-state index contributed by atoms with van der Waals surface area (Å²) in [5.74, 6) is 0.679. The summed E-state index contributed by atoms with van der Waals surface area (Å²) in [5.41, 5.74) is 16.2. The fraction of sp³-hybridized carbons (Fsp3) is 0. The Hall–Kier alpha value is -8.34. The number of hydrogen-bond donors (Lipinski definition) is 0. The normalized spacial score (nSPS) is 11.5. The molecule has 12 aromatic rings. The van der Waals surface area contributed by atoms with E-state index in [9.17, 15) is 0 Å². The Kier molecular flexibility index (Phi) is 8.46. The highest BCUT2D eigenvalue weighted by Crippen LogP contribution is 2.43. The van der Waals surface area contributed by atoms with Gasteiger partial charge in [-0.3, -0.25) is 0 Å². The minimum atomic E-state index is 0.679. The van der Waals surface area contributed by atoms with Gasteiger partial charge in [-0.15, -0.1) is 0 Å². The lowest BCUT2D eigenvalue weighted by molar-refractivity contribution is 1.14. The molecule has 9 aromatic carbocycles. The third-order valence-electron chi connectivity index (χ3n) is 12.1. The fourth-order valence-electron chi connectivity index (χ4n) is 9.25. The molecule has 0 radical (unpaired) electrons. The first-order chi connectivity index (χ1) is 30.7. The van der Waals surface area contributed by atoms with Crippen molar-refractivity contribution in [3.05, 3.63) is 231 Å². The Morgan fingerprint density at radius 2 is 0.661 bits per heavy atom. The molecule has 0 amide bonds. The molecule has 0 aliphatic rings. The highest BCUT2D eigenvalue weighted by atomic mass is 15.0. The number of fused-ring (bicyclic) bond motifs is 7. The van der Waals surface area contributed by atoms with Gasteiger partial charge in [0.05, 0.1) is 33.5 Å². The first-order valence-corrected chi connectivity index (χ1v) is 21.1. The van der Waals surface area contributed by atoms with E-state index in [4.69, 9.17) is 9.97 Å². The molecule has 0 spiro atoms.